The lowest BCUT2D eigenvalue weighted by Crippen LogP contribution is -2.26. The van der Waals surface area contributed by atoms with Crippen LogP contribution in [0.4, 0.5) is 0 Å². The van der Waals surface area contributed by atoms with E-state index in [1.807, 2.05) is 54.6 Å². The number of aromatic amines is 1. The van der Waals surface area contributed by atoms with Crippen LogP contribution in [-0.4, -0.2) is 10.1 Å². The first kappa shape index (κ1) is 12.1. The van der Waals surface area contributed by atoms with E-state index in [9.17, 15) is 9.90 Å². The molecule has 1 aliphatic rings. The third-order valence-electron chi connectivity index (χ3n) is 4.11. The van der Waals surface area contributed by atoms with Gasteiger partial charge in [-0.1, -0.05) is 54.6 Å². The number of aliphatic hydroxyl groups is 1. The normalized spacial score (nSPS) is 19.1. The van der Waals surface area contributed by atoms with Gasteiger partial charge < -0.3 is 10.1 Å². The molecule has 0 saturated carbocycles. The fourth-order valence-electron chi connectivity index (χ4n) is 3.16. The van der Waals surface area contributed by atoms with E-state index in [-0.39, 0.29) is 5.56 Å². The lowest BCUT2D eigenvalue weighted by molar-refractivity contribution is 0.130. The summed E-state index contributed by atoms with van der Waals surface area (Å²) in [7, 11) is 0. The van der Waals surface area contributed by atoms with Gasteiger partial charge >= 0.3 is 0 Å². The molecule has 1 aliphatic carbocycles. The van der Waals surface area contributed by atoms with Crippen LogP contribution in [0.15, 0.2) is 71.7 Å². The van der Waals surface area contributed by atoms with Crippen LogP contribution >= 0.6 is 0 Å². The minimum atomic E-state index is -1.22. The number of H-pyrrole nitrogens is 1. The smallest absolute Gasteiger partial charge is 0.248 e. The molecule has 0 bridgehead atoms. The van der Waals surface area contributed by atoms with E-state index < -0.39 is 5.60 Å². The number of nitrogens with one attached hydrogen (secondary N) is 1. The Morgan fingerprint density at radius 3 is 2.38 bits per heavy atom. The second kappa shape index (κ2) is 4.17. The zero-order valence-electron chi connectivity index (χ0n) is 11.2. The Balaban J connectivity index is 2.12. The van der Waals surface area contributed by atoms with Crippen LogP contribution in [0.2, 0.25) is 0 Å². The Bertz CT molecular complexity index is 883. The highest BCUT2D eigenvalue weighted by Gasteiger charge is 2.43. The van der Waals surface area contributed by atoms with E-state index in [1.165, 1.54) is 0 Å². The zero-order valence-corrected chi connectivity index (χ0v) is 11.2. The molecule has 1 aromatic heterocycles. The van der Waals surface area contributed by atoms with Crippen molar-refractivity contribution in [2.45, 2.75) is 5.60 Å². The van der Waals surface area contributed by atoms with Gasteiger partial charge in [0.25, 0.3) is 0 Å². The maximum Gasteiger partial charge on any atom is 0.248 e. The molecule has 0 saturated heterocycles. The molecule has 102 valence electrons. The van der Waals surface area contributed by atoms with Crippen molar-refractivity contribution >= 4 is 0 Å². The van der Waals surface area contributed by atoms with Crippen molar-refractivity contribution in [2.75, 3.05) is 0 Å². The molecule has 0 amide bonds. The van der Waals surface area contributed by atoms with Gasteiger partial charge in [0.2, 0.25) is 5.56 Å². The average Bonchev–Trinajstić information content (AvgIpc) is 2.79. The van der Waals surface area contributed by atoms with Gasteiger partial charge in [0.15, 0.2) is 0 Å². The number of pyridine rings is 1. The number of benzene rings is 2. The first-order chi connectivity index (χ1) is 10.2. The van der Waals surface area contributed by atoms with Crippen molar-refractivity contribution < 1.29 is 5.11 Å². The fourth-order valence-corrected chi connectivity index (χ4v) is 3.16. The Labute approximate surface area is 121 Å². The van der Waals surface area contributed by atoms with Crippen LogP contribution in [0.3, 0.4) is 0 Å². The summed E-state index contributed by atoms with van der Waals surface area (Å²) in [6.45, 7) is 0. The molecular weight excluding hydrogens is 262 g/mol. The van der Waals surface area contributed by atoms with Gasteiger partial charge in [0.05, 0.1) is 0 Å². The van der Waals surface area contributed by atoms with Gasteiger partial charge in [-0.05, 0) is 16.7 Å². The van der Waals surface area contributed by atoms with Gasteiger partial charge in [-0.25, -0.2) is 0 Å². The third-order valence-corrected chi connectivity index (χ3v) is 4.11. The Kier molecular flexibility index (Phi) is 2.41. The van der Waals surface area contributed by atoms with Crippen LogP contribution in [0, 0.1) is 0 Å². The minimum absolute atomic E-state index is 0.166. The zero-order chi connectivity index (χ0) is 14.4. The molecule has 21 heavy (non-hydrogen) atoms. The molecule has 1 heterocycles. The molecule has 0 aliphatic heterocycles. The summed E-state index contributed by atoms with van der Waals surface area (Å²) in [5, 5.41) is 11.4. The lowest BCUT2D eigenvalue weighted by atomic mass is 9.85. The molecule has 3 nitrogen and oxygen atoms in total. The highest BCUT2D eigenvalue weighted by atomic mass is 16.3. The Morgan fingerprint density at radius 2 is 1.57 bits per heavy atom. The van der Waals surface area contributed by atoms with E-state index in [4.69, 9.17) is 0 Å². The van der Waals surface area contributed by atoms with Gasteiger partial charge in [0.1, 0.15) is 5.60 Å². The second-order valence-electron chi connectivity index (χ2n) is 5.25. The number of fused-ring (bicyclic) bond motifs is 3. The largest absolute Gasteiger partial charge is 0.376 e. The predicted octanol–water partition coefficient (Wildman–Crippen LogP) is 2.64. The molecule has 0 fully saturated rings. The molecule has 4 rings (SSSR count). The third kappa shape index (κ3) is 1.55. The van der Waals surface area contributed by atoms with E-state index in [2.05, 4.69) is 4.98 Å². The summed E-state index contributed by atoms with van der Waals surface area (Å²) in [4.78, 5) is 14.3. The van der Waals surface area contributed by atoms with E-state index in [0.717, 1.165) is 27.8 Å². The van der Waals surface area contributed by atoms with E-state index in [0.29, 0.717) is 0 Å². The number of aromatic nitrogens is 1. The summed E-state index contributed by atoms with van der Waals surface area (Å²) < 4.78 is 0. The number of rotatable bonds is 1. The van der Waals surface area contributed by atoms with Gasteiger partial charge in [-0.2, -0.15) is 0 Å². The van der Waals surface area contributed by atoms with Crippen LogP contribution < -0.4 is 5.56 Å². The second-order valence-corrected chi connectivity index (χ2v) is 5.25. The number of hydrogen-bond donors (Lipinski definition) is 2. The maximum atomic E-state index is 11.6. The molecular formula is C18H13NO2. The van der Waals surface area contributed by atoms with Gasteiger partial charge in [-0.3, -0.25) is 4.79 Å². The molecule has 3 heteroatoms. The summed E-state index contributed by atoms with van der Waals surface area (Å²) in [5.74, 6) is 0. The van der Waals surface area contributed by atoms with Crippen molar-refractivity contribution in [3.8, 4) is 11.1 Å². The molecule has 0 spiro atoms. The topological polar surface area (TPSA) is 53.1 Å². The van der Waals surface area contributed by atoms with Crippen LogP contribution in [0.25, 0.3) is 11.1 Å². The van der Waals surface area contributed by atoms with Crippen LogP contribution in [0.1, 0.15) is 16.7 Å². The average molecular weight is 275 g/mol. The van der Waals surface area contributed by atoms with Crippen molar-refractivity contribution in [1.29, 1.82) is 0 Å². The molecule has 2 N–H and O–H groups in total. The number of hydrogen-bond acceptors (Lipinski definition) is 2. The Morgan fingerprint density at radius 1 is 0.857 bits per heavy atom. The molecule has 3 aromatic rings. The first-order valence-corrected chi connectivity index (χ1v) is 6.82. The molecule has 1 unspecified atom stereocenters. The van der Waals surface area contributed by atoms with Crippen LogP contribution in [0.5, 0.6) is 0 Å². The van der Waals surface area contributed by atoms with Gasteiger partial charge in [0, 0.05) is 23.4 Å². The molecule has 1 atom stereocenters. The SMILES string of the molecule is O=c1cc2c(c[nH]1)C(O)(c1ccccc1)c1ccccc1-2. The van der Waals surface area contributed by atoms with Crippen LogP contribution in [-0.2, 0) is 5.60 Å². The summed E-state index contributed by atoms with van der Waals surface area (Å²) in [6.07, 6.45) is 1.62. The minimum Gasteiger partial charge on any atom is -0.376 e. The molecule has 0 radical (unpaired) electrons. The van der Waals surface area contributed by atoms with E-state index >= 15 is 0 Å². The standard InChI is InChI=1S/C18H13NO2/c20-17-10-14-13-8-4-5-9-15(13)18(21,16(14)11-19-17)12-6-2-1-3-7-12/h1-11,21H,(H,19,20). The highest BCUT2D eigenvalue weighted by Crippen LogP contribution is 2.49. The summed E-state index contributed by atoms with van der Waals surface area (Å²) >= 11 is 0. The van der Waals surface area contributed by atoms with Crippen molar-refractivity contribution in [2.24, 2.45) is 0 Å². The first-order valence-electron chi connectivity index (χ1n) is 6.82. The van der Waals surface area contributed by atoms with E-state index in [1.54, 1.807) is 12.3 Å². The quantitative estimate of drug-likeness (QED) is 0.717. The lowest BCUT2D eigenvalue weighted by Gasteiger charge is -2.26. The monoisotopic (exact) mass is 275 g/mol. The highest BCUT2D eigenvalue weighted by molar-refractivity contribution is 5.81. The van der Waals surface area contributed by atoms with Crippen molar-refractivity contribution in [3.05, 3.63) is 93.9 Å². The van der Waals surface area contributed by atoms with Crippen molar-refractivity contribution in [1.82, 2.24) is 4.98 Å². The van der Waals surface area contributed by atoms with Crippen molar-refractivity contribution in [3.63, 3.8) is 0 Å². The Hall–Kier alpha value is -2.65. The summed E-state index contributed by atoms with van der Waals surface area (Å²) in [6, 6.07) is 18.7. The fraction of sp³-hybridized carbons (Fsp3) is 0.0556. The predicted molar refractivity (Wildman–Crippen MR) is 81.0 cm³/mol. The van der Waals surface area contributed by atoms with Gasteiger partial charge in [-0.15, -0.1) is 0 Å². The summed E-state index contributed by atoms with van der Waals surface area (Å²) in [5.41, 5.74) is 2.63. The molecule has 2 aromatic carbocycles. The maximum absolute atomic E-state index is 11.6.